The normalized spacial score (nSPS) is 12.1. The van der Waals surface area contributed by atoms with Gasteiger partial charge < -0.3 is 9.64 Å². The molecule has 4 aromatic rings. The molecule has 0 spiro atoms. The summed E-state index contributed by atoms with van der Waals surface area (Å²) < 4.78 is 7.21. The molecule has 0 radical (unpaired) electrons. The van der Waals surface area contributed by atoms with Gasteiger partial charge in [-0.2, -0.15) is 0 Å². The fourth-order valence-electron chi connectivity index (χ4n) is 4.35. The Bertz CT molecular complexity index is 1410. The summed E-state index contributed by atoms with van der Waals surface area (Å²) in [6, 6.07) is 21.9. The molecule has 1 heterocycles. The van der Waals surface area contributed by atoms with Crippen molar-refractivity contribution in [2.75, 3.05) is 13.2 Å². The molecule has 1 aromatic heterocycles. The number of nitrogens with zero attached hydrogens (tertiary/aromatic N) is 3. The Morgan fingerprint density at radius 2 is 1.64 bits per heavy atom. The van der Waals surface area contributed by atoms with E-state index >= 15 is 0 Å². The number of fused-ring (bicyclic) bond motifs is 1. The van der Waals surface area contributed by atoms with Gasteiger partial charge in [0.2, 0.25) is 0 Å². The Labute approximate surface area is 212 Å². The Morgan fingerprint density at radius 1 is 0.972 bits per heavy atom. The highest BCUT2D eigenvalue weighted by Gasteiger charge is 2.28. The molecule has 0 saturated carbocycles. The average molecular weight is 484 g/mol. The Balaban J connectivity index is 1.88. The molecule has 3 aromatic carbocycles. The van der Waals surface area contributed by atoms with Gasteiger partial charge in [0, 0.05) is 12.1 Å². The second kappa shape index (κ2) is 10.8. The van der Waals surface area contributed by atoms with Gasteiger partial charge in [0.05, 0.1) is 29.2 Å². The molecule has 0 saturated heterocycles. The van der Waals surface area contributed by atoms with E-state index < -0.39 is 6.04 Å². The van der Waals surface area contributed by atoms with Crippen LogP contribution in [0.15, 0.2) is 77.6 Å². The van der Waals surface area contributed by atoms with Crippen LogP contribution in [0.3, 0.4) is 0 Å². The van der Waals surface area contributed by atoms with Crippen molar-refractivity contribution in [3.8, 4) is 11.4 Å². The standard InChI is InChI=1S/C30H33N3O3/c1-6-36-25-17-15-24(16-18-25)33-28(31-27-10-8-7-9-26(27)30(33)35)22(5)32(19-20(2)3)29(34)23-13-11-21(4)12-14-23/h7-18,20,22H,6,19H2,1-5H3. The summed E-state index contributed by atoms with van der Waals surface area (Å²) in [5.74, 6) is 1.39. The zero-order valence-electron chi connectivity index (χ0n) is 21.6. The molecule has 0 N–H and O–H groups in total. The maximum absolute atomic E-state index is 13.8. The third-order valence-electron chi connectivity index (χ3n) is 6.17. The lowest BCUT2D eigenvalue weighted by Gasteiger charge is -2.32. The summed E-state index contributed by atoms with van der Waals surface area (Å²) in [5.41, 5.74) is 2.83. The summed E-state index contributed by atoms with van der Waals surface area (Å²) in [5, 5.41) is 0.530. The van der Waals surface area contributed by atoms with Crippen LogP contribution in [0.4, 0.5) is 0 Å². The Morgan fingerprint density at radius 3 is 2.28 bits per heavy atom. The molecule has 1 amide bonds. The van der Waals surface area contributed by atoms with Gasteiger partial charge in [-0.25, -0.2) is 4.98 Å². The molecule has 6 nitrogen and oxygen atoms in total. The number of rotatable bonds is 8. The van der Waals surface area contributed by atoms with E-state index in [1.807, 2.05) is 92.4 Å². The number of benzene rings is 3. The minimum Gasteiger partial charge on any atom is -0.494 e. The molecular formula is C30H33N3O3. The molecule has 0 aliphatic rings. The van der Waals surface area contributed by atoms with E-state index in [1.165, 1.54) is 0 Å². The minimum atomic E-state index is -0.454. The van der Waals surface area contributed by atoms with Crippen LogP contribution in [0, 0.1) is 12.8 Å². The van der Waals surface area contributed by atoms with Crippen LogP contribution in [0.2, 0.25) is 0 Å². The predicted molar refractivity (Wildman–Crippen MR) is 144 cm³/mol. The molecule has 186 valence electrons. The van der Waals surface area contributed by atoms with Crippen molar-refractivity contribution >= 4 is 16.8 Å². The lowest BCUT2D eigenvalue weighted by atomic mass is 10.1. The van der Waals surface area contributed by atoms with Gasteiger partial charge in [-0.1, -0.05) is 43.7 Å². The van der Waals surface area contributed by atoms with Crippen molar-refractivity contribution in [2.45, 2.75) is 40.7 Å². The lowest BCUT2D eigenvalue weighted by Crippen LogP contribution is -2.39. The maximum Gasteiger partial charge on any atom is 0.266 e. The third-order valence-corrected chi connectivity index (χ3v) is 6.17. The molecule has 0 fully saturated rings. The number of para-hydroxylation sites is 1. The number of hydrogen-bond donors (Lipinski definition) is 0. The van der Waals surface area contributed by atoms with Gasteiger partial charge in [0.1, 0.15) is 11.6 Å². The van der Waals surface area contributed by atoms with Gasteiger partial charge >= 0.3 is 0 Å². The van der Waals surface area contributed by atoms with E-state index in [1.54, 1.807) is 10.6 Å². The summed E-state index contributed by atoms with van der Waals surface area (Å²) in [4.78, 5) is 34.2. The first-order valence-electron chi connectivity index (χ1n) is 12.4. The van der Waals surface area contributed by atoms with Crippen molar-refractivity contribution in [3.05, 3.63) is 100 Å². The quantitative estimate of drug-likeness (QED) is 0.311. The van der Waals surface area contributed by atoms with Crippen molar-refractivity contribution in [2.24, 2.45) is 5.92 Å². The molecule has 6 heteroatoms. The van der Waals surface area contributed by atoms with Crippen molar-refractivity contribution in [3.63, 3.8) is 0 Å². The second-order valence-electron chi connectivity index (χ2n) is 9.45. The first kappa shape index (κ1) is 25.2. The smallest absolute Gasteiger partial charge is 0.266 e. The van der Waals surface area contributed by atoms with Crippen molar-refractivity contribution < 1.29 is 9.53 Å². The molecule has 0 aliphatic carbocycles. The van der Waals surface area contributed by atoms with Crippen LogP contribution in [-0.2, 0) is 0 Å². The summed E-state index contributed by atoms with van der Waals surface area (Å²) >= 11 is 0. The van der Waals surface area contributed by atoms with Gasteiger partial charge in [0.25, 0.3) is 11.5 Å². The van der Waals surface area contributed by atoms with Gasteiger partial charge in [-0.15, -0.1) is 0 Å². The fourth-order valence-corrected chi connectivity index (χ4v) is 4.35. The van der Waals surface area contributed by atoms with Crippen molar-refractivity contribution in [1.82, 2.24) is 14.5 Å². The number of amides is 1. The van der Waals surface area contributed by atoms with E-state index in [-0.39, 0.29) is 17.4 Å². The van der Waals surface area contributed by atoms with E-state index in [4.69, 9.17) is 9.72 Å². The van der Waals surface area contributed by atoms with Crippen LogP contribution in [0.25, 0.3) is 16.6 Å². The highest BCUT2D eigenvalue weighted by atomic mass is 16.5. The molecule has 0 bridgehead atoms. The number of aryl methyl sites for hydroxylation is 1. The largest absolute Gasteiger partial charge is 0.494 e. The molecule has 1 unspecified atom stereocenters. The number of hydrogen-bond acceptors (Lipinski definition) is 4. The second-order valence-corrected chi connectivity index (χ2v) is 9.45. The van der Waals surface area contributed by atoms with E-state index in [0.717, 1.165) is 11.3 Å². The van der Waals surface area contributed by atoms with Crippen LogP contribution in [0.5, 0.6) is 5.75 Å². The van der Waals surface area contributed by atoms with Gasteiger partial charge in [0.15, 0.2) is 0 Å². The van der Waals surface area contributed by atoms with E-state index in [0.29, 0.717) is 41.1 Å². The van der Waals surface area contributed by atoms with Gasteiger partial charge in [-0.3, -0.25) is 14.2 Å². The predicted octanol–water partition coefficient (Wildman–Crippen LogP) is 5.95. The third kappa shape index (κ3) is 5.18. The van der Waals surface area contributed by atoms with E-state index in [2.05, 4.69) is 13.8 Å². The number of carbonyl (C=O) groups is 1. The molecule has 4 rings (SSSR count). The van der Waals surface area contributed by atoms with Crippen LogP contribution in [0.1, 0.15) is 55.5 Å². The summed E-state index contributed by atoms with van der Waals surface area (Å²) in [6.07, 6.45) is 0. The fraction of sp³-hybridized carbons (Fsp3) is 0.300. The van der Waals surface area contributed by atoms with Crippen LogP contribution >= 0.6 is 0 Å². The monoisotopic (exact) mass is 483 g/mol. The summed E-state index contributed by atoms with van der Waals surface area (Å²) in [7, 11) is 0. The molecular weight excluding hydrogens is 450 g/mol. The van der Waals surface area contributed by atoms with Gasteiger partial charge in [-0.05, 0) is 75.2 Å². The zero-order chi connectivity index (χ0) is 25.8. The average Bonchev–Trinajstić information content (AvgIpc) is 2.87. The van der Waals surface area contributed by atoms with E-state index in [9.17, 15) is 9.59 Å². The lowest BCUT2D eigenvalue weighted by molar-refractivity contribution is 0.0655. The zero-order valence-corrected chi connectivity index (χ0v) is 21.6. The van der Waals surface area contributed by atoms with Crippen molar-refractivity contribution in [1.29, 1.82) is 0 Å². The summed E-state index contributed by atoms with van der Waals surface area (Å²) in [6.45, 7) is 11.1. The maximum atomic E-state index is 13.8. The highest BCUT2D eigenvalue weighted by Crippen LogP contribution is 2.26. The Kier molecular flexibility index (Phi) is 7.53. The minimum absolute atomic E-state index is 0.0862. The highest BCUT2D eigenvalue weighted by molar-refractivity contribution is 5.94. The van der Waals surface area contributed by atoms with Crippen LogP contribution < -0.4 is 10.3 Å². The molecule has 0 aliphatic heterocycles. The number of carbonyl (C=O) groups excluding carboxylic acids is 1. The topological polar surface area (TPSA) is 64.4 Å². The number of ether oxygens (including phenoxy) is 1. The molecule has 1 atom stereocenters. The first-order chi connectivity index (χ1) is 17.3. The van der Waals surface area contributed by atoms with Crippen LogP contribution in [-0.4, -0.2) is 33.5 Å². The molecule has 36 heavy (non-hydrogen) atoms. The first-order valence-corrected chi connectivity index (χ1v) is 12.4. The SMILES string of the molecule is CCOc1ccc(-n2c(C(C)N(CC(C)C)C(=O)c3ccc(C)cc3)nc3ccccc3c2=O)cc1. The number of aromatic nitrogens is 2. The Hall–Kier alpha value is -3.93.